The van der Waals surface area contributed by atoms with E-state index < -0.39 is 5.91 Å². The number of rotatable bonds is 5. The first-order chi connectivity index (χ1) is 12.2. The van der Waals surface area contributed by atoms with E-state index in [1.165, 1.54) is 0 Å². The zero-order valence-corrected chi connectivity index (χ0v) is 14.7. The number of carbonyl (C=O) groups is 1. The number of primary amides is 1. The normalized spacial score (nSPS) is 11.0. The number of H-pyrrole nitrogens is 1. The fourth-order valence-corrected chi connectivity index (χ4v) is 4.13. The minimum atomic E-state index is -0.423. The lowest BCUT2D eigenvalue weighted by Gasteiger charge is -1.98. The fraction of sp³-hybridized carbons (Fsp3) is 0.0556. The van der Waals surface area contributed by atoms with Gasteiger partial charge in [0.2, 0.25) is 5.91 Å². The van der Waals surface area contributed by atoms with Crippen molar-refractivity contribution in [2.24, 2.45) is 5.73 Å². The van der Waals surface area contributed by atoms with Gasteiger partial charge in [-0.25, -0.2) is 9.97 Å². The van der Waals surface area contributed by atoms with Gasteiger partial charge in [0.15, 0.2) is 5.16 Å². The van der Waals surface area contributed by atoms with Crippen molar-refractivity contribution in [3.05, 3.63) is 65.2 Å². The van der Waals surface area contributed by atoms with Gasteiger partial charge < -0.3 is 10.7 Å². The number of aromatic amines is 1. The molecule has 0 fully saturated rings. The Morgan fingerprint density at radius 2 is 1.92 bits per heavy atom. The molecule has 25 heavy (non-hydrogen) atoms. The quantitative estimate of drug-likeness (QED) is 0.521. The molecular weight excluding hydrogens is 352 g/mol. The second kappa shape index (κ2) is 6.70. The van der Waals surface area contributed by atoms with Gasteiger partial charge in [-0.3, -0.25) is 4.79 Å². The Labute approximate surface area is 152 Å². The first-order valence-electron chi connectivity index (χ1n) is 7.61. The summed E-state index contributed by atoms with van der Waals surface area (Å²) in [7, 11) is 0. The summed E-state index contributed by atoms with van der Waals surface area (Å²) in [5.74, 6) is 0.323. The molecule has 2 aromatic carbocycles. The van der Waals surface area contributed by atoms with E-state index in [9.17, 15) is 4.79 Å². The molecule has 2 aromatic heterocycles. The molecule has 2 heterocycles. The molecule has 0 aliphatic heterocycles. The molecule has 0 spiro atoms. The Bertz CT molecular complexity index is 1000. The van der Waals surface area contributed by atoms with Gasteiger partial charge >= 0.3 is 0 Å². The van der Waals surface area contributed by atoms with Crippen LogP contribution in [0.2, 0.25) is 0 Å². The van der Waals surface area contributed by atoms with Gasteiger partial charge in [-0.15, -0.1) is 11.3 Å². The Hall–Kier alpha value is -2.64. The summed E-state index contributed by atoms with van der Waals surface area (Å²) in [6.45, 7) is 0. The highest BCUT2D eigenvalue weighted by Crippen LogP contribution is 2.28. The van der Waals surface area contributed by atoms with Crippen molar-refractivity contribution in [3.63, 3.8) is 0 Å². The van der Waals surface area contributed by atoms with Crippen LogP contribution >= 0.6 is 23.1 Å². The molecule has 0 unspecified atom stereocenters. The number of aromatic nitrogens is 3. The van der Waals surface area contributed by atoms with Crippen molar-refractivity contribution in [3.8, 4) is 10.6 Å². The third kappa shape index (κ3) is 3.42. The topological polar surface area (TPSA) is 84.7 Å². The number of thiazole rings is 1. The molecule has 4 rings (SSSR count). The standard InChI is InChI=1S/C18H14N4OS2/c19-16(23)11-5-7-12(8-6-11)17-20-13(9-24-17)10-25-18-21-14-3-1-2-4-15(14)22-18/h1-9H,10H2,(H2,19,23)(H,21,22). The number of imidazole rings is 1. The lowest BCUT2D eigenvalue weighted by molar-refractivity contribution is 0.100. The summed E-state index contributed by atoms with van der Waals surface area (Å²) in [5, 5.41) is 3.87. The minimum absolute atomic E-state index is 0.423. The molecule has 3 N–H and O–H groups in total. The summed E-state index contributed by atoms with van der Waals surface area (Å²) in [6, 6.07) is 15.2. The number of thioether (sulfide) groups is 1. The van der Waals surface area contributed by atoms with E-state index in [2.05, 4.69) is 15.0 Å². The van der Waals surface area contributed by atoms with Crippen molar-refractivity contribution < 1.29 is 4.79 Å². The van der Waals surface area contributed by atoms with E-state index >= 15 is 0 Å². The average molecular weight is 366 g/mol. The zero-order valence-electron chi connectivity index (χ0n) is 13.1. The van der Waals surface area contributed by atoms with Gasteiger partial charge in [0, 0.05) is 22.3 Å². The van der Waals surface area contributed by atoms with Crippen LogP contribution < -0.4 is 5.73 Å². The summed E-state index contributed by atoms with van der Waals surface area (Å²) in [6.07, 6.45) is 0. The van der Waals surface area contributed by atoms with Gasteiger partial charge in [-0.1, -0.05) is 36.0 Å². The minimum Gasteiger partial charge on any atom is -0.366 e. The molecule has 0 aliphatic rings. The molecule has 0 atom stereocenters. The Balaban J connectivity index is 1.46. The van der Waals surface area contributed by atoms with E-state index in [-0.39, 0.29) is 0 Å². The molecule has 7 heteroatoms. The van der Waals surface area contributed by atoms with Crippen LogP contribution in [0, 0.1) is 0 Å². The number of hydrogen-bond acceptors (Lipinski definition) is 5. The molecule has 0 saturated heterocycles. The maximum absolute atomic E-state index is 11.1. The molecular formula is C18H14N4OS2. The van der Waals surface area contributed by atoms with Gasteiger partial charge in [-0.2, -0.15) is 0 Å². The van der Waals surface area contributed by atoms with Crippen molar-refractivity contribution in [2.75, 3.05) is 0 Å². The van der Waals surface area contributed by atoms with E-state index in [1.807, 2.05) is 41.8 Å². The maximum atomic E-state index is 11.1. The van der Waals surface area contributed by atoms with Gasteiger partial charge in [0.05, 0.1) is 16.7 Å². The number of fused-ring (bicyclic) bond motifs is 1. The third-order valence-corrected chi connectivity index (χ3v) is 5.54. The summed E-state index contributed by atoms with van der Waals surface area (Å²) in [5.41, 5.74) is 9.76. The number of nitrogens with zero attached hydrogens (tertiary/aromatic N) is 2. The number of nitrogens with one attached hydrogen (secondary N) is 1. The lowest BCUT2D eigenvalue weighted by Crippen LogP contribution is -2.10. The van der Waals surface area contributed by atoms with Crippen LogP contribution in [0.25, 0.3) is 21.6 Å². The Morgan fingerprint density at radius 1 is 1.12 bits per heavy atom. The molecule has 0 bridgehead atoms. The monoisotopic (exact) mass is 366 g/mol. The van der Waals surface area contributed by atoms with Crippen molar-refractivity contribution >= 4 is 40.0 Å². The number of amides is 1. The van der Waals surface area contributed by atoms with E-state index in [1.54, 1.807) is 35.2 Å². The second-order valence-electron chi connectivity index (χ2n) is 5.43. The SMILES string of the molecule is NC(=O)c1ccc(-c2nc(CSc3nc4ccccc4[nH]3)cs2)cc1. The van der Waals surface area contributed by atoms with Gasteiger partial charge in [0.1, 0.15) is 5.01 Å². The number of hydrogen-bond donors (Lipinski definition) is 2. The Morgan fingerprint density at radius 3 is 2.68 bits per heavy atom. The summed E-state index contributed by atoms with van der Waals surface area (Å²) < 4.78 is 0. The molecule has 1 amide bonds. The van der Waals surface area contributed by atoms with Crippen molar-refractivity contribution in [2.45, 2.75) is 10.9 Å². The smallest absolute Gasteiger partial charge is 0.248 e. The summed E-state index contributed by atoms with van der Waals surface area (Å²) >= 11 is 3.22. The van der Waals surface area contributed by atoms with Crippen LogP contribution in [0.5, 0.6) is 0 Å². The third-order valence-electron chi connectivity index (χ3n) is 3.69. The Kier molecular flexibility index (Phi) is 4.25. The highest BCUT2D eigenvalue weighted by Gasteiger charge is 2.08. The number of nitrogens with two attached hydrogens (primary N) is 1. The molecule has 0 saturated carbocycles. The van der Waals surface area contributed by atoms with Crippen LogP contribution in [0.1, 0.15) is 16.1 Å². The number of carbonyl (C=O) groups excluding carboxylic acids is 1. The van der Waals surface area contributed by atoms with Crippen molar-refractivity contribution in [1.82, 2.24) is 15.0 Å². The second-order valence-corrected chi connectivity index (χ2v) is 7.26. The van der Waals surface area contributed by atoms with Crippen LogP contribution in [-0.2, 0) is 5.75 Å². The van der Waals surface area contributed by atoms with Crippen LogP contribution in [0.3, 0.4) is 0 Å². The number of para-hydroxylation sites is 2. The van der Waals surface area contributed by atoms with Crippen molar-refractivity contribution in [1.29, 1.82) is 0 Å². The van der Waals surface area contributed by atoms with E-state index in [4.69, 9.17) is 5.73 Å². The highest BCUT2D eigenvalue weighted by molar-refractivity contribution is 7.98. The first kappa shape index (κ1) is 15.9. The predicted octanol–water partition coefficient (Wildman–Crippen LogP) is 4.08. The average Bonchev–Trinajstić information content (AvgIpc) is 3.26. The van der Waals surface area contributed by atoms with E-state index in [0.29, 0.717) is 5.56 Å². The van der Waals surface area contributed by atoms with Crippen LogP contribution in [-0.4, -0.2) is 20.9 Å². The first-order valence-corrected chi connectivity index (χ1v) is 9.48. The number of benzene rings is 2. The predicted molar refractivity (Wildman–Crippen MR) is 102 cm³/mol. The van der Waals surface area contributed by atoms with Gasteiger partial charge in [-0.05, 0) is 24.3 Å². The largest absolute Gasteiger partial charge is 0.366 e. The zero-order chi connectivity index (χ0) is 17.2. The van der Waals surface area contributed by atoms with Gasteiger partial charge in [0.25, 0.3) is 0 Å². The molecule has 124 valence electrons. The maximum Gasteiger partial charge on any atom is 0.248 e. The molecule has 5 nitrogen and oxygen atoms in total. The van der Waals surface area contributed by atoms with Crippen LogP contribution in [0.4, 0.5) is 0 Å². The molecule has 0 aliphatic carbocycles. The highest BCUT2D eigenvalue weighted by atomic mass is 32.2. The molecule has 4 aromatic rings. The fourth-order valence-electron chi connectivity index (χ4n) is 2.42. The lowest BCUT2D eigenvalue weighted by atomic mass is 10.1. The summed E-state index contributed by atoms with van der Waals surface area (Å²) in [4.78, 5) is 23.7. The molecule has 0 radical (unpaired) electrons. The van der Waals surface area contributed by atoms with E-state index in [0.717, 1.165) is 38.2 Å². The van der Waals surface area contributed by atoms with Crippen LogP contribution in [0.15, 0.2) is 59.1 Å².